The van der Waals surface area contributed by atoms with E-state index in [1.165, 1.54) is 12.0 Å². The normalized spacial score (nSPS) is 11.5. The molecule has 0 spiro atoms. The topological polar surface area (TPSA) is 29.5 Å². The van der Waals surface area contributed by atoms with Gasteiger partial charge in [0.15, 0.2) is 0 Å². The third-order valence-corrected chi connectivity index (χ3v) is 4.06. The Kier molecular flexibility index (Phi) is 5.89. The highest BCUT2D eigenvalue weighted by atomic mass is 79.9. The zero-order valence-electron chi connectivity index (χ0n) is 12.0. The molecule has 1 aromatic rings. The van der Waals surface area contributed by atoms with Crippen molar-refractivity contribution in [3.8, 4) is 0 Å². The van der Waals surface area contributed by atoms with Gasteiger partial charge in [-0.05, 0) is 24.1 Å². The predicted molar refractivity (Wildman–Crippen MR) is 84.9 cm³/mol. The first-order valence-corrected chi connectivity index (χ1v) is 7.51. The molecule has 0 atom stereocenters. The van der Waals surface area contributed by atoms with Gasteiger partial charge in [-0.2, -0.15) is 0 Å². The summed E-state index contributed by atoms with van der Waals surface area (Å²) in [6.45, 7) is 3.90. The molecule has 0 aliphatic heterocycles. The fourth-order valence-electron chi connectivity index (χ4n) is 1.81. The van der Waals surface area contributed by atoms with Crippen molar-refractivity contribution in [2.45, 2.75) is 25.2 Å². The highest BCUT2D eigenvalue weighted by Crippen LogP contribution is 2.36. The summed E-state index contributed by atoms with van der Waals surface area (Å²) in [5, 5.41) is 0. The lowest BCUT2D eigenvalue weighted by atomic mass is 9.86. The highest BCUT2D eigenvalue weighted by Gasteiger charge is 2.22. The Morgan fingerprint density at radius 2 is 2.05 bits per heavy atom. The second-order valence-corrected chi connectivity index (χ2v) is 7.16. The van der Waals surface area contributed by atoms with E-state index < -0.39 is 0 Å². The number of nitrogens with zero attached hydrogens (tertiary/aromatic N) is 1. The Morgan fingerprint density at radius 1 is 1.42 bits per heavy atom. The smallest absolute Gasteiger partial charge is 0.125 e. The molecule has 0 aromatic heterocycles. The Morgan fingerprint density at radius 3 is 2.53 bits per heavy atom. The molecule has 5 heteroatoms. The molecule has 0 heterocycles. The molecule has 3 nitrogen and oxygen atoms in total. The van der Waals surface area contributed by atoms with E-state index >= 15 is 0 Å². The van der Waals surface area contributed by atoms with Crippen molar-refractivity contribution in [1.82, 2.24) is 0 Å². The monoisotopic (exact) mass is 345 g/mol. The van der Waals surface area contributed by atoms with Gasteiger partial charge in [-0.25, -0.2) is 0 Å². The molecule has 0 aliphatic rings. The molecule has 19 heavy (non-hydrogen) atoms. The van der Waals surface area contributed by atoms with Gasteiger partial charge in [-0.3, -0.25) is 0 Å². The number of carbonyl (C=O) groups excluding carboxylic acids is 1. The summed E-state index contributed by atoms with van der Waals surface area (Å²) in [7, 11) is 5.65. The number of carbonyl (C=O) groups is 1. The number of hydrogen-bond acceptors (Lipinski definition) is 4. The number of halogens is 1. The van der Waals surface area contributed by atoms with Crippen molar-refractivity contribution >= 4 is 39.9 Å². The summed E-state index contributed by atoms with van der Waals surface area (Å²) in [4.78, 5) is 14.2. The number of hydrogen-bond donors (Lipinski definition) is 0. The Labute approximate surface area is 128 Å². The van der Waals surface area contributed by atoms with Crippen molar-refractivity contribution in [3.63, 3.8) is 0 Å². The van der Waals surface area contributed by atoms with Crippen LogP contribution in [0.1, 0.15) is 19.4 Å². The molecule has 1 aromatic carbocycles. The molecule has 0 saturated heterocycles. The van der Waals surface area contributed by atoms with Crippen LogP contribution >= 0.6 is 28.0 Å². The molecular formula is C14H20BrNO2S. The van der Waals surface area contributed by atoms with E-state index in [0.717, 1.165) is 26.9 Å². The lowest BCUT2D eigenvalue weighted by Crippen LogP contribution is -2.20. The molecule has 0 aliphatic carbocycles. The molecular weight excluding hydrogens is 326 g/mol. The Balaban J connectivity index is 3.25. The van der Waals surface area contributed by atoms with Crippen LogP contribution in [0.2, 0.25) is 0 Å². The van der Waals surface area contributed by atoms with E-state index in [1.54, 1.807) is 7.11 Å². The quantitative estimate of drug-likeness (QED) is 0.577. The molecule has 0 N–H and O–H groups in total. The fraction of sp³-hybridized carbons (Fsp3) is 0.500. The summed E-state index contributed by atoms with van der Waals surface area (Å²) >= 11 is 4.93. The van der Waals surface area contributed by atoms with Crippen molar-refractivity contribution in [2.75, 3.05) is 26.1 Å². The SMILES string of the molecule is COSc1cc(Br)c(CC(C)(C)C=O)c(N(C)C)c1. The van der Waals surface area contributed by atoms with Crippen molar-refractivity contribution in [3.05, 3.63) is 22.2 Å². The maximum atomic E-state index is 11.1. The van der Waals surface area contributed by atoms with Crippen molar-refractivity contribution in [1.29, 1.82) is 0 Å². The van der Waals surface area contributed by atoms with Crippen LogP contribution in [0, 0.1) is 5.41 Å². The highest BCUT2D eigenvalue weighted by molar-refractivity contribution is 9.10. The second-order valence-electron chi connectivity index (χ2n) is 5.33. The van der Waals surface area contributed by atoms with Crippen LogP contribution in [0.5, 0.6) is 0 Å². The van der Waals surface area contributed by atoms with Crippen LogP contribution in [-0.4, -0.2) is 27.5 Å². The van der Waals surface area contributed by atoms with Gasteiger partial charge in [-0.1, -0.05) is 29.8 Å². The summed E-state index contributed by atoms with van der Waals surface area (Å²) < 4.78 is 6.11. The maximum Gasteiger partial charge on any atom is 0.125 e. The molecule has 0 unspecified atom stereocenters. The van der Waals surface area contributed by atoms with E-state index in [1.807, 2.05) is 34.0 Å². The third kappa shape index (κ3) is 4.51. The minimum atomic E-state index is -0.372. The lowest BCUT2D eigenvalue weighted by Gasteiger charge is -2.24. The zero-order chi connectivity index (χ0) is 14.6. The average molecular weight is 346 g/mol. The Hall–Kier alpha value is -0.520. The summed E-state index contributed by atoms with van der Waals surface area (Å²) in [6.07, 6.45) is 1.71. The Bertz CT molecular complexity index is 461. The van der Waals surface area contributed by atoms with Gasteiger partial charge in [0.2, 0.25) is 0 Å². The standard InChI is InChI=1S/C14H20BrNO2S/c1-14(2,9-17)8-11-12(15)6-10(19-18-5)7-13(11)16(3)4/h6-7,9H,8H2,1-5H3. The predicted octanol–water partition coefficient (Wildman–Crippen LogP) is 3.94. The van der Waals surface area contributed by atoms with Gasteiger partial charge >= 0.3 is 0 Å². The third-order valence-electron chi connectivity index (χ3n) is 2.76. The summed E-state index contributed by atoms with van der Waals surface area (Å²) in [6, 6.07) is 4.10. The summed E-state index contributed by atoms with van der Waals surface area (Å²) in [5.74, 6) is 0. The summed E-state index contributed by atoms with van der Waals surface area (Å²) in [5.41, 5.74) is 1.87. The number of rotatable bonds is 6. The van der Waals surface area contributed by atoms with Gasteiger partial charge in [0.1, 0.15) is 6.29 Å². The first kappa shape index (κ1) is 16.5. The zero-order valence-corrected chi connectivity index (χ0v) is 14.4. The first-order valence-electron chi connectivity index (χ1n) is 5.97. The first-order chi connectivity index (χ1) is 8.80. The van der Waals surface area contributed by atoms with Gasteiger partial charge in [0.05, 0.1) is 7.11 Å². The van der Waals surface area contributed by atoms with E-state index in [-0.39, 0.29) is 5.41 Å². The van der Waals surface area contributed by atoms with Crippen LogP contribution < -0.4 is 4.90 Å². The maximum absolute atomic E-state index is 11.1. The molecule has 1 rings (SSSR count). The average Bonchev–Trinajstić information content (AvgIpc) is 2.32. The van der Waals surface area contributed by atoms with Crippen molar-refractivity contribution in [2.24, 2.45) is 5.41 Å². The van der Waals surface area contributed by atoms with E-state index in [2.05, 4.69) is 26.9 Å². The minimum absolute atomic E-state index is 0.372. The number of aldehydes is 1. The van der Waals surface area contributed by atoms with Crippen LogP contribution in [0.3, 0.4) is 0 Å². The molecule has 0 radical (unpaired) electrons. The van der Waals surface area contributed by atoms with Gasteiger partial charge in [-0.15, -0.1) is 0 Å². The largest absolute Gasteiger partial charge is 0.377 e. The van der Waals surface area contributed by atoms with Crippen LogP contribution in [0.4, 0.5) is 5.69 Å². The van der Waals surface area contributed by atoms with E-state index in [0.29, 0.717) is 6.42 Å². The number of anilines is 1. The van der Waals surface area contributed by atoms with Crippen LogP contribution in [0.15, 0.2) is 21.5 Å². The molecule has 106 valence electrons. The van der Waals surface area contributed by atoms with Gasteiger partial charge < -0.3 is 13.9 Å². The number of benzene rings is 1. The minimum Gasteiger partial charge on any atom is -0.377 e. The lowest BCUT2D eigenvalue weighted by molar-refractivity contribution is -0.114. The second kappa shape index (κ2) is 6.77. The van der Waals surface area contributed by atoms with Crippen LogP contribution in [0.25, 0.3) is 0 Å². The molecule has 0 saturated carbocycles. The molecule has 0 amide bonds. The molecule has 0 bridgehead atoms. The van der Waals surface area contributed by atoms with E-state index in [9.17, 15) is 4.79 Å². The van der Waals surface area contributed by atoms with Crippen molar-refractivity contribution < 1.29 is 8.98 Å². The fourth-order valence-corrected chi connectivity index (χ4v) is 3.07. The van der Waals surface area contributed by atoms with Crippen LogP contribution in [-0.2, 0) is 15.4 Å². The molecule has 0 fully saturated rings. The van der Waals surface area contributed by atoms with Gasteiger partial charge in [0, 0.05) is 46.6 Å². The van der Waals surface area contributed by atoms with E-state index in [4.69, 9.17) is 4.18 Å². The van der Waals surface area contributed by atoms with Gasteiger partial charge in [0.25, 0.3) is 0 Å².